The molecule has 0 amide bonds. The van der Waals surface area contributed by atoms with Gasteiger partial charge in [-0.3, -0.25) is 0 Å². The van der Waals surface area contributed by atoms with E-state index >= 15 is 0 Å². The van der Waals surface area contributed by atoms with E-state index in [4.69, 9.17) is 4.74 Å². The lowest BCUT2D eigenvalue weighted by Crippen LogP contribution is -2.26. The van der Waals surface area contributed by atoms with Crippen LogP contribution in [-0.4, -0.2) is 11.7 Å². The van der Waals surface area contributed by atoms with E-state index in [1.54, 1.807) is 0 Å². The molecular weight excluding hydrogens is 112 g/mol. The first-order chi connectivity index (χ1) is 3.98. The Morgan fingerprint density at radius 1 is 1.33 bits per heavy atom. The van der Waals surface area contributed by atoms with Crippen molar-refractivity contribution < 1.29 is 4.74 Å². The number of ether oxygens (including phenoxy) is 1. The minimum atomic E-state index is 0.0637. The highest BCUT2D eigenvalue weighted by Gasteiger charge is 2.16. The van der Waals surface area contributed by atoms with Crippen LogP contribution in [0, 0.1) is 0 Å². The van der Waals surface area contributed by atoms with Crippen LogP contribution in [0.5, 0.6) is 0 Å². The molecule has 0 aliphatic heterocycles. The summed E-state index contributed by atoms with van der Waals surface area (Å²) >= 11 is 0. The molecule has 0 bridgehead atoms. The molecule has 0 aliphatic carbocycles. The van der Waals surface area contributed by atoms with Gasteiger partial charge in [-0.15, -0.1) is 0 Å². The zero-order valence-electron chi connectivity index (χ0n) is 7.19. The second-order valence-corrected chi connectivity index (χ2v) is 3.28. The Morgan fingerprint density at radius 3 is 1.89 bits per heavy atom. The normalized spacial score (nSPS) is 12.7. The van der Waals surface area contributed by atoms with Crippen LogP contribution in [0.1, 0.15) is 41.0 Å². The molecule has 0 aromatic heterocycles. The number of hydrogen-bond acceptors (Lipinski definition) is 1. The fourth-order valence-electron chi connectivity index (χ4n) is 0.721. The van der Waals surface area contributed by atoms with Crippen molar-refractivity contribution in [2.75, 3.05) is 0 Å². The van der Waals surface area contributed by atoms with Crippen LogP contribution >= 0.6 is 0 Å². The molecule has 0 aliphatic rings. The van der Waals surface area contributed by atoms with Gasteiger partial charge in [0, 0.05) is 0 Å². The first-order valence-corrected chi connectivity index (χ1v) is 3.66. The summed E-state index contributed by atoms with van der Waals surface area (Å²) in [5, 5.41) is 0. The van der Waals surface area contributed by atoms with E-state index in [9.17, 15) is 0 Å². The SMILES string of the molecule is CCC(C)(C)OC(C)C. The fraction of sp³-hybridized carbons (Fsp3) is 1.00. The lowest BCUT2D eigenvalue weighted by molar-refractivity contribution is -0.0573. The summed E-state index contributed by atoms with van der Waals surface area (Å²) in [6, 6.07) is 0. The van der Waals surface area contributed by atoms with Gasteiger partial charge in [0.15, 0.2) is 0 Å². The van der Waals surface area contributed by atoms with E-state index in [0.29, 0.717) is 6.10 Å². The van der Waals surface area contributed by atoms with Gasteiger partial charge in [-0.2, -0.15) is 0 Å². The minimum absolute atomic E-state index is 0.0637. The van der Waals surface area contributed by atoms with Crippen LogP contribution in [0.15, 0.2) is 0 Å². The Labute approximate surface area is 58.4 Å². The van der Waals surface area contributed by atoms with Gasteiger partial charge in [-0.05, 0) is 34.1 Å². The van der Waals surface area contributed by atoms with Gasteiger partial charge in [-0.1, -0.05) is 6.92 Å². The van der Waals surface area contributed by atoms with Gasteiger partial charge >= 0.3 is 0 Å². The van der Waals surface area contributed by atoms with Crippen molar-refractivity contribution in [2.45, 2.75) is 52.7 Å². The first-order valence-electron chi connectivity index (χ1n) is 3.66. The maximum absolute atomic E-state index is 5.59. The molecule has 0 saturated carbocycles. The summed E-state index contributed by atoms with van der Waals surface area (Å²) < 4.78 is 5.59. The van der Waals surface area contributed by atoms with Gasteiger partial charge in [0.05, 0.1) is 11.7 Å². The highest BCUT2D eigenvalue weighted by atomic mass is 16.5. The molecule has 1 nitrogen and oxygen atoms in total. The predicted octanol–water partition coefficient (Wildman–Crippen LogP) is 2.60. The van der Waals surface area contributed by atoms with Crippen LogP contribution < -0.4 is 0 Å². The van der Waals surface area contributed by atoms with Gasteiger partial charge in [0.1, 0.15) is 0 Å². The largest absolute Gasteiger partial charge is 0.373 e. The first kappa shape index (κ1) is 8.96. The summed E-state index contributed by atoms with van der Waals surface area (Å²) in [5.41, 5.74) is 0.0637. The maximum Gasteiger partial charge on any atom is 0.0627 e. The molecule has 0 rings (SSSR count). The Bertz CT molecular complexity index is 74.6. The molecule has 0 atom stereocenters. The molecule has 9 heavy (non-hydrogen) atoms. The number of hydrogen-bond donors (Lipinski definition) is 0. The predicted molar refractivity (Wildman–Crippen MR) is 40.6 cm³/mol. The standard InChI is InChI=1S/C8H18O/c1-6-8(4,5)9-7(2)3/h7H,6H2,1-5H3. The Morgan fingerprint density at radius 2 is 1.78 bits per heavy atom. The number of rotatable bonds is 3. The van der Waals surface area contributed by atoms with Crippen molar-refractivity contribution in [3.8, 4) is 0 Å². The third-order valence-corrected chi connectivity index (χ3v) is 1.41. The van der Waals surface area contributed by atoms with Crippen LogP contribution in [0.3, 0.4) is 0 Å². The minimum Gasteiger partial charge on any atom is -0.373 e. The van der Waals surface area contributed by atoms with Crippen molar-refractivity contribution in [1.29, 1.82) is 0 Å². The highest BCUT2D eigenvalue weighted by molar-refractivity contribution is 4.65. The molecule has 0 heterocycles. The fourth-order valence-corrected chi connectivity index (χ4v) is 0.721. The Hall–Kier alpha value is -0.0400. The topological polar surface area (TPSA) is 9.23 Å². The van der Waals surface area contributed by atoms with E-state index in [1.807, 2.05) is 0 Å². The van der Waals surface area contributed by atoms with Gasteiger partial charge in [0.2, 0.25) is 0 Å². The van der Waals surface area contributed by atoms with Crippen molar-refractivity contribution in [1.82, 2.24) is 0 Å². The van der Waals surface area contributed by atoms with Crippen molar-refractivity contribution in [3.63, 3.8) is 0 Å². The molecule has 0 saturated heterocycles. The summed E-state index contributed by atoms with van der Waals surface area (Å²) in [7, 11) is 0. The van der Waals surface area contributed by atoms with Crippen LogP contribution in [-0.2, 0) is 4.74 Å². The van der Waals surface area contributed by atoms with Crippen molar-refractivity contribution in [2.24, 2.45) is 0 Å². The second-order valence-electron chi connectivity index (χ2n) is 3.28. The maximum atomic E-state index is 5.59. The molecule has 0 radical (unpaired) electrons. The zero-order chi connectivity index (χ0) is 7.49. The third kappa shape index (κ3) is 4.46. The van der Waals surface area contributed by atoms with Gasteiger partial charge in [-0.25, -0.2) is 0 Å². The zero-order valence-corrected chi connectivity index (χ0v) is 7.19. The molecule has 0 fully saturated rings. The van der Waals surface area contributed by atoms with Crippen LogP contribution in [0.4, 0.5) is 0 Å². The lowest BCUT2D eigenvalue weighted by atomic mass is 10.1. The summed E-state index contributed by atoms with van der Waals surface area (Å²) in [5.74, 6) is 0. The highest BCUT2D eigenvalue weighted by Crippen LogP contribution is 2.15. The molecule has 0 aromatic carbocycles. The van der Waals surface area contributed by atoms with Crippen LogP contribution in [0.2, 0.25) is 0 Å². The van der Waals surface area contributed by atoms with E-state index in [-0.39, 0.29) is 5.60 Å². The molecule has 0 aromatic rings. The van der Waals surface area contributed by atoms with E-state index < -0.39 is 0 Å². The summed E-state index contributed by atoms with van der Waals surface area (Å²) in [4.78, 5) is 0. The second kappa shape index (κ2) is 3.21. The molecular formula is C8H18O. The van der Waals surface area contributed by atoms with Crippen molar-refractivity contribution in [3.05, 3.63) is 0 Å². The molecule has 56 valence electrons. The summed E-state index contributed by atoms with van der Waals surface area (Å²) in [6.45, 7) is 10.5. The molecule has 1 heteroatoms. The van der Waals surface area contributed by atoms with Crippen molar-refractivity contribution >= 4 is 0 Å². The van der Waals surface area contributed by atoms with Crippen LogP contribution in [0.25, 0.3) is 0 Å². The van der Waals surface area contributed by atoms with E-state index in [2.05, 4.69) is 34.6 Å². The Balaban J connectivity index is 3.58. The molecule has 0 N–H and O–H groups in total. The van der Waals surface area contributed by atoms with Gasteiger partial charge < -0.3 is 4.74 Å². The quantitative estimate of drug-likeness (QED) is 0.570. The smallest absolute Gasteiger partial charge is 0.0627 e. The lowest BCUT2D eigenvalue weighted by Gasteiger charge is -2.25. The Kier molecular flexibility index (Phi) is 3.20. The van der Waals surface area contributed by atoms with Gasteiger partial charge in [0.25, 0.3) is 0 Å². The average Bonchev–Trinajstić information content (AvgIpc) is 1.63. The molecule has 0 unspecified atom stereocenters. The van der Waals surface area contributed by atoms with E-state index in [1.165, 1.54) is 0 Å². The third-order valence-electron chi connectivity index (χ3n) is 1.41. The average molecular weight is 130 g/mol. The van der Waals surface area contributed by atoms with E-state index in [0.717, 1.165) is 6.42 Å². The molecule has 0 spiro atoms. The monoisotopic (exact) mass is 130 g/mol. The summed E-state index contributed by atoms with van der Waals surface area (Å²) in [6.07, 6.45) is 1.42.